The number of hydrogen-bond acceptors (Lipinski definition) is 1. The predicted octanol–water partition coefficient (Wildman–Crippen LogP) is 7.55. The van der Waals surface area contributed by atoms with E-state index in [1.54, 1.807) is 0 Å². The van der Waals surface area contributed by atoms with Gasteiger partial charge in [-0.3, -0.25) is 0 Å². The maximum Gasteiger partial charge on any atom is 0.442 e. The Morgan fingerprint density at radius 3 is 2.42 bits per heavy atom. The Bertz CT molecular complexity index is 454. The third-order valence-corrected chi connectivity index (χ3v) is 5.04. The molecule has 0 aliphatic rings. The number of benzene rings is 1. The fraction of sp³-hybridized carbons (Fsp3) is 0.600. The molecule has 1 rings (SSSR count). The van der Waals surface area contributed by atoms with E-state index in [-0.39, 0.29) is 11.8 Å². The third-order valence-electron chi connectivity index (χ3n) is 4.03. The zero-order valence-electron chi connectivity index (χ0n) is 14.6. The lowest BCUT2D eigenvalue weighted by Gasteiger charge is -2.19. The van der Waals surface area contributed by atoms with E-state index in [9.17, 15) is 13.2 Å². The van der Waals surface area contributed by atoms with Crippen molar-refractivity contribution in [1.29, 1.82) is 0 Å². The van der Waals surface area contributed by atoms with E-state index in [4.69, 9.17) is 0 Å². The van der Waals surface area contributed by atoms with Gasteiger partial charge in [0.25, 0.3) is 0 Å². The normalized spacial score (nSPS) is 13.0. The van der Waals surface area contributed by atoms with Crippen LogP contribution in [-0.2, 0) is 6.42 Å². The first-order valence-corrected chi connectivity index (χ1v) is 9.73. The Hall–Kier alpha value is -0.900. The summed E-state index contributed by atoms with van der Waals surface area (Å²) >= 11 is 0.148. The van der Waals surface area contributed by atoms with Crippen LogP contribution in [-0.4, -0.2) is 10.8 Å². The second-order valence-electron chi connectivity index (χ2n) is 6.33. The largest absolute Gasteiger partial charge is 0.442 e. The first-order valence-electron chi connectivity index (χ1n) is 8.86. The average molecular weight is 359 g/mol. The van der Waals surface area contributed by atoms with Crippen LogP contribution in [0.2, 0.25) is 0 Å². The highest BCUT2D eigenvalue weighted by Crippen LogP contribution is 2.38. The van der Waals surface area contributed by atoms with Gasteiger partial charge in [0.1, 0.15) is 0 Å². The number of alkyl halides is 3. The number of allylic oxidation sites excluding steroid dienone is 1. The highest BCUT2D eigenvalue weighted by Gasteiger charge is 2.32. The van der Waals surface area contributed by atoms with Crippen LogP contribution < -0.4 is 0 Å². The second kappa shape index (κ2) is 11.6. The van der Waals surface area contributed by atoms with Gasteiger partial charge in [0.15, 0.2) is 0 Å². The van der Waals surface area contributed by atoms with Crippen LogP contribution in [0.5, 0.6) is 0 Å². The zero-order valence-corrected chi connectivity index (χ0v) is 15.4. The van der Waals surface area contributed by atoms with Gasteiger partial charge in [-0.25, -0.2) is 0 Å². The fourth-order valence-corrected chi connectivity index (χ4v) is 3.78. The molecule has 0 heterocycles. The van der Waals surface area contributed by atoms with Crippen molar-refractivity contribution in [2.45, 2.75) is 75.5 Å². The molecule has 1 atom stereocenters. The van der Waals surface area contributed by atoms with Gasteiger partial charge >= 0.3 is 5.51 Å². The summed E-state index contributed by atoms with van der Waals surface area (Å²) in [5.74, 6) is 0. The first kappa shape index (κ1) is 21.1. The topological polar surface area (TPSA) is 0 Å². The molecule has 1 aromatic carbocycles. The van der Waals surface area contributed by atoms with Gasteiger partial charge in [0, 0.05) is 5.25 Å². The molecule has 0 aliphatic heterocycles. The van der Waals surface area contributed by atoms with Gasteiger partial charge in [-0.2, -0.15) is 13.2 Å². The van der Waals surface area contributed by atoms with Crippen LogP contribution in [0.3, 0.4) is 0 Å². The quantitative estimate of drug-likeness (QED) is 0.274. The van der Waals surface area contributed by atoms with E-state index in [0.717, 1.165) is 37.7 Å². The minimum absolute atomic E-state index is 0.148. The molecular formula is C20H29F3S. The van der Waals surface area contributed by atoms with Crippen molar-refractivity contribution in [3.05, 3.63) is 48.0 Å². The monoisotopic (exact) mass is 358 g/mol. The summed E-state index contributed by atoms with van der Waals surface area (Å²) in [7, 11) is 0. The van der Waals surface area contributed by atoms with Gasteiger partial charge in [-0.1, -0.05) is 68.7 Å². The molecule has 0 bridgehead atoms. The van der Waals surface area contributed by atoms with E-state index < -0.39 is 10.8 Å². The predicted molar refractivity (Wildman–Crippen MR) is 99.3 cm³/mol. The van der Waals surface area contributed by atoms with E-state index in [0.29, 0.717) is 12.8 Å². The molecule has 1 aromatic rings. The van der Waals surface area contributed by atoms with E-state index in [1.807, 2.05) is 30.3 Å². The second-order valence-corrected chi connectivity index (χ2v) is 7.69. The highest BCUT2D eigenvalue weighted by molar-refractivity contribution is 8.00. The lowest BCUT2D eigenvalue weighted by atomic mass is 10.0. The Labute approximate surface area is 148 Å². The molecule has 0 fully saturated rings. The van der Waals surface area contributed by atoms with Crippen molar-refractivity contribution < 1.29 is 13.2 Å². The molecule has 136 valence electrons. The van der Waals surface area contributed by atoms with Gasteiger partial charge in [-0.05, 0) is 55.9 Å². The summed E-state index contributed by atoms with van der Waals surface area (Å²) < 4.78 is 38.4. The fourth-order valence-electron chi connectivity index (χ4n) is 2.80. The SMILES string of the molecule is C=C(CCCCCC)CC(CCCc1ccccc1)SC(F)(F)F. The lowest BCUT2D eigenvalue weighted by molar-refractivity contribution is -0.0334. The summed E-state index contributed by atoms with van der Waals surface area (Å²) in [4.78, 5) is 0. The van der Waals surface area contributed by atoms with Crippen LogP contribution in [0.1, 0.15) is 63.9 Å². The molecule has 0 radical (unpaired) electrons. The van der Waals surface area contributed by atoms with Crippen LogP contribution in [0.4, 0.5) is 13.2 Å². The van der Waals surface area contributed by atoms with Crippen LogP contribution in [0.15, 0.2) is 42.5 Å². The molecule has 0 saturated heterocycles. The summed E-state index contributed by atoms with van der Waals surface area (Å²) in [6.45, 7) is 6.16. The number of rotatable bonds is 12. The molecule has 0 aliphatic carbocycles. The number of thioether (sulfide) groups is 1. The molecule has 0 amide bonds. The lowest BCUT2D eigenvalue weighted by Crippen LogP contribution is -2.13. The molecule has 0 saturated carbocycles. The van der Waals surface area contributed by atoms with Crippen molar-refractivity contribution in [3.63, 3.8) is 0 Å². The molecule has 1 unspecified atom stereocenters. The minimum atomic E-state index is -4.17. The number of unbranched alkanes of at least 4 members (excludes halogenated alkanes) is 3. The first-order chi connectivity index (χ1) is 11.4. The Balaban J connectivity index is 2.40. The van der Waals surface area contributed by atoms with Crippen LogP contribution in [0.25, 0.3) is 0 Å². The smallest absolute Gasteiger partial charge is 0.160 e. The molecule has 0 spiro atoms. The highest BCUT2D eigenvalue weighted by atomic mass is 32.2. The van der Waals surface area contributed by atoms with Crippen molar-refractivity contribution in [2.24, 2.45) is 0 Å². The molecule has 0 aromatic heterocycles. The molecule has 0 N–H and O–H groups in total. The van der Waals surface area contributed by atoms with Gasteiger partial charge < -0.3 is 0 Å². The summed E-state index contributed by atoms with van der Waals surface area (Å²) in [6.07, 6.45) is 8.05. The molecule has 0 nitrogen and oxygen atoms in total. The summed E-state index contributed by atoms with van der Waals surface area (Å²) in [6, 6.07) is 9.94. The van der Waals surface area contributed by atoms with Crippen molar-refractivity contribution in [1.82, 2.24) is 0 Å². The molecular weight excluding hydrogens is 329 g/mol. The van der Waals surface area contributed by atoms with Crippen molar-refractivity contribution in [3.8, 4) is 0 Å². The van der Waals surface area contributed by atoms with E-state index in [2.05, 4.69) is 13.5 Å². The van der Waals surface area contributed by atoms with Crippen LogP contribution in [0, 0.1) is 0 Å². The van der Waals surface area contributed by atoms with E-state index in [1.165, 1.54) is 18.4 Å². The van der Waals surface area contributed by atoms with Crippen LogP contribution >= 0.6 is 11.8 Å². The van der Waals surface area contributed by atoms with Crippen molar-refractivity contribution >= 4 is 11.8 Å². The maximum absolute atomic E-state index is 12.8. The molecule has 24 heavy (non-hydrogen) atoms. The Morgan fingerprint density at radius 1 is 1.08 bits per heavy atom. The van der Waals surface area contributed by atoms with Gasteiger partial charge in [0.2, 0.25) is 0 Å². The van der Waals surface area contributed by atoms with Gasteiger partial charge in [0.05, 0.1) is 0 Å². The zero-order chi connectivity index (χ0) is 17.8. The van der Waals surface area contributed by atoms with E-state index >= 15 is 0 Å². The van der Waals surface area contributed by atoms with Gasteiger partial charge in [-0.15, -0.1) is 0 Å². The third kappa shape index (κ3) is 10.8. The number of hydrogen-bond donors (Lipinski definition) is 0. The number of halogens is 3. The Kier molecular flexibility index (Phi) is 10.2. The number of aryl methyl sites for hydroxylation is 1. The summed E-state index contributed by atoms with van der Waals surface area (Å²) in [5, 5.41) is -0.410. The van der Waals surface area contributed by atoms with Crippen molar-refractivity contribution in [2.75, 3.05) is 0 Å². The maximum atomic E-state index is 12.8. The Morgan fingerprint density at radius 2 is 1.79 bits per heavy atom. The molecule has 4 heteroatoms. The summed E-state index contributed by atoms with van der Waals surface area (Å²) in [5.41, 5.74) is -2.01. The standard InChI is InChI=1S/C20H29F3S/c1-3-4-5-7-11-17(2)16-19(24-20(21,22)23)15-10-14-18-12-8-6-9-13-18/h6,8-9,12-13,19H,2-5,7,10-11,14-16H2,1H3. The average Bonchev–Trinajstić information content (AvgIpc) is 2.51. The minimum Gasteiger partial charge on any atom is -0.160 e.